The SMILES string of the molecule is COc1ncc(-c2cn[nH]c2)cc1CC(=O)[C@@H](N)Cc1ccccc1.COc1ncc(-c2cn[nH]c2)cc1CC(=O)[C@H](Cc1ccccc1)NCc1cscn1. The number of hydrogen-bond acceptors (Lipinski definition) is 12. The first-order valence-electron chi connectivity index (χ1n) is 17.9. The summed E-state index contributed by atoms with van der Waals surface area (Å²) in [6.07, 6.45) is 11.9. The lowest BCUT2D eigenvalue weighted by atomic mass is 9.97. The van der Waals surface area contributed by atoms with Crippen LogP contribution in [0.1, 0.15) is 27.9 Å². The van der Waals surface area contributed by atoms with Crippen LogP contribution in [-0.4, -0.2) is 73.2 Å². The largest absolute Gasteiger partial charge is 0.481 e. The number of hydrogen-bond donors (Lipinski definition) is 4. The van der Waals surface area contributed by atoms with Crippen molar-refractivity contribution in [2.75, 3.05) is 14.2 Å². The van der Waals surface area contributed by atoms with Gasteiger partial charge in [-0.1, -0.05) is 60.7 Å². The number of carbonyl (C=O) groups excluding carboxylic acids is 2. The molecule has 286 valence electrons. The lowest BCUT2D eigenvalue weighted by molar-refractivity contribution is -0.121. The van der Waals surface area contributed by atoms with Crippen LogP contribution in [0.5, 0.6) is 11.8 Å². The van der Waals surface area contributed by atoms with Gasteiger partial charge in [-0.05, 0) is 36.1 Å². The third-order valence-electron chi connectivity index (χ3n) is 9.03. The summed E-state index contributed by atoms with van der Waals surface area (Å²) >= 11 is 1.54. The second kappa shape index (κ2) is 19.8. The van der Waals surface area contributed by atoms with Gasteiger partial charge in [0, 0.05) is 82.9 Å². The van der Waals surface area contributed by atoms with Crippen molar-refractivity contribution < 1.29 is 19.1 Å². The molecule has 7 aromatic rings. The number of methoxy groups -OCH3 is 2. The molecule has 5 heterocycles. The summed E-state index contributed by atoms with van der Waals surface area (Å²) in [5.41, 5.74) is 16.0. The summed E-state index contributed by atoms with van der Waals surface area (Å²) in [6.45, 7) is 0.539. The number of thiazole rings is 1. The Morgan fingerprint density at radius 3 is 1.73 bits per heavy atom. The zero-order chi connectivity index (χ0) is 39.1. The van der Waals surface area contributed by atoms with Crippen LogP contribution in [-0.2, 0) is 41.8 Å². The minimum atomic E-state index is -0.565. The summed E-state index contributed by atoms with van der Waals surface area (Å²) in [7, 11) is 3.10. The molecule has 5 aromatic heterocycles. The second-order valence-corrected chi connectivity index (χ2v) is 13.7. The number of pyridine rings is 2. The number of Topliss-reactive ketones (excluding diaryl/α,β-unsaturated/α-hetero) is 2. The molecule has 0 aliphatic heterocycles. The van der Waals surface area contributed by atoms with E-state index in [0.717, 1.165) is 50.2 Å². The van der Waals surface area contributed by atoms with Crippen molar-refractivity contribution >= 4 is 22.9 Å². The van der Waals surface area contributed by atoms with Gasteiger partial charge in [0.25, 0.3) is 0 Å². The monoisotopic (exact) mass is 769 g/mol. The summed E-state index contributed by atoms with van der Waals surface area (Å²) in [4.78, 5) is 38.9. The Morgan fingerprint density at radius 2 is 1.25 bits per heavy atom. The highest BCUT2D eigenvalue weighted by atomic mass is 32.1. The molecule has 0 aliphatic rings. The second-order valence-electron chi connectivity index (χ2n) is 12.9. The normalized spacial score (nSPS) is 11.9. The minimum Gasteiger partial charge on any atom is -0.481 e. The van der Waals surface area contributed by atoms with Crippen LogP contribution in [0.25, 0.3) is 22.3 Å². The number of H-pyrrole nitrogens is 2. The predicted molar refractivity (Wildman–Crippen MR) is 215 cm³/mol. The maximum Gasteiger partial charge on any atom is 0.216 e. The zero-order valence-corrected chi connectivity index (χ0v) is 31.9. The molecule has 7 rings (SSSR count). The first kappa shape index (κ1) is 39.3. The average molecular weight is 770 g/mol. The highest BCUT2D eigenvalue weighted by Gasteiger charge is 2.22. The van der Waals surface area contributed by atoms with Crippen LogP contribution in [0.4, 0.5) is 0 Å². The van der Waals surface area contributed by atoms with Crippen LogP contribution in [0.3, 0.4) is 0 Å². The van der Waals surface area contributed by atoms with Gasteiger partial charge < -0.3 is 20.5 Å². The number of ether oxygens (including phenoxy) is 2. The third kappa shape index (κ3) is 10.9. The fourth-order valence-corrected chi connectivity index (χ4v) is 6.62. The predicted octanol–water partition coefficient (Wildman–Crippen LogP) is 5.61. The molecule has 0 radical (unpaired) electrons. The Balaban J connectivity index is 0.000000194. The van der Waals surface area contributed by atoms with E-state index in [9.17, 15) is 9.59 Å². The van der Waals surface area contributed by atoms with Gasteiger partial charge >= 0.3 is 0 Å². The topological polar surface area (TPSA) is 187 Å². The van der Waals surface area contributed by atoms with E-state index in [1.807, 2.05) is 78.2 Å². The number of rotatable bonds is 17. The molecule has 2 aromatic carbocycles. The lowest BCUT2D eigenvalue weighted by Crippen LogP contribution is -2.39. The van der Waals surface area contributed by atoms with Crippen molar-refractivity contribution in [1.29, 1.82) is 0 Å². The van der Waals surface area contributed by atoms with E-state index in [0.29, 0.717) is 31.1 Å². The highest BCUT2D eigenvalue weighted by molar-refractivity contribution is 7.07. The average Bonchev–Trinajstić information content (AvgIpc) is 4.06. The van der Waals surface area contributed by atoms with Gasteiger partial charge in [0.1, 0.15) is 0 Å². The molecule has 5 N–H and O–H groups in total. The number of benzene rings is 2. The molecule has 0 amide bonds. The van der Waals surface area contributed by atoms with Crippen molar-refractivity contribution in [3.05, 3.63) is 149 Å². The molecular weight excluding hydrogens is 727 g/mol. The minimum absolute atomic E-state index is 0.0479. The van der Waals surface area contributed by atoms with Gasteiger partial charge in [-0.25, -0.2) is 15.0 Å². The number of carbonyl (C=O) groups is 2. The molecule has 0 fully saturated rings. The maximum atomic E-state index is 13.4. The van der Waals surface area contributed by atoms with Gasteiger partial charge in [-0.3, -0.25) is 19.8 Å². The standard InChI is InChI=1S/C23H23N5O2S.C19H20N4O2/c1-30-23-17(8-18(10-25-23)19-11-27-28-12-19)9-22(29)21(7-16-5-3-2-4-6-16)24-13-20-14-31-15-26-20;1-25-19-14(8-15(10-21-19)16-11-22-23-12-16)9-18(24)17(20)7-13-5-3-2-4-6-13/h2-6,8,10-12,14-15,21,24H,7,9,13H2,1H3,(H,27,28);2-6,8,10-12,17H,7,9,20H2,1H3,(H,22,23)/t21-;17-/m00/s1. The molecule has 0 aliphatic carbocycles. The first-order valence-corrected chi connectivity index (χ1v) is 18.9. The molecule has 0 bridgehead atoms. The van der Waals surface area contributed by atoms with Crippen molar-refractivity contribution in [2.45, 2.75) is 44.3 Å². The number of nitrogens with zero attached hydrogens (tertiary/aromatic N) is 5. The van der Waals surface area contributed by atoms with Gasteiger partial charge in [0.2, 0.25) is 11.8 Å². The smallest absolute Gasteiger partial charge is 0.216 e. The molecule has 0 unspecified atom stereocenters. The highest BCUT2D eigenvalue weighted by Crippen LogP contribution is 2.26. The van der Waals surface area contributed by atoms with Gasteiger partial charge in [0.05, 0.1) is 49.9 Å². The van der Waals surface area contributed by atoms with E-state index in [4.69, 9.17) is 15.2 Å². The van der Waals surface area contributed by atoms with Gasteiger partial charge in [-0.15, -0.1) is 11.3 Å². The Labute approximate surface area is 328 Å². The molecule has 0 saturated carbocycles. The van der Waals surface area contributed by atoms with Gasteiger partial charge in [-0.2, -0.15) is 10.2 Å². The fraction of sp³-hybridized carbons (Fsp3) is 0.214. The third-order valence-corrected chi connectivity index (χ3v) is 9.66. The van der Waals surface area contributed by atoms with E-state index in [2.05, 4.69) is 40.7 Å². The summed E-state index contributed by atoms with van der Waals surface area (Å²) < 4.78 is 10.7. The van der Waals surface area contributed by atoms with E-state index in [-0.39, 0.29) is 30.4 Å². The summed E-state index contributed by atoms with van der Waals surface area (Å²) in [5.74, 6) is 0.919. The number of aromatic nitrogens is 7. The van der Waals surface area contributed by atoms with Crippen molar-refractivity contribution in [3.8, 4) is 34.0 Å². The Bertz CT molecular complexity index is 2250. The van der Waals surface area contributed by atoms with Crippen LogP contribution in [0.2, 0.25) is 0 Å². The van der Waals surface area contributed by atoms with E-state index in [1.165, 1.54) is 7.11 Å². The molecule has 0 spiro atoms. The fourth-order valence-electron chi connectivity index (χ4n) is 6.06. The molecular formula is C42H43N9O4S. The Kier molecular flexibility index (Phi) is 13.9. The van der Waals surface area contributed by atoms with E-state index in [1.54, 1.807) is 61.1 Å². The van der Waals surface area contributed by atoms with Crippen LogP contribution in [0.15, 0.2) is 121 Å². The molecule has 0 saturated heterocycles. The Hall–Kier alpha value is -6.35. The van der Waals surface area contributed by atoms with Crippen LogP contribution < -0.4 is 20.5 Å². The molecule has 56 heavy (non-hydrogen) atoms. The number of nitrogens with two attached hydrogens (primary N) is 1. The van der Waals surface area contributed by atoms with Crippen molar-refractivity contribution in [3.63, 3.8) is 0 Å². The quantitative estimate of drug-likeness (QED) is 0.0902. The maximum absolute atomic E-state index is 13.4. The van der Waals surface area contributed by atoms with Gasteiger partial charge in [0.15, 0.2) is 11.6 Å². The zero-order valence-electron chi connectivity index (χ0n) is 31.1. The Morgan fingerprint density at radius 1 is 0.714 bits per heavy atom. The van der Waals surface area contributed by atoms with Crippen molar-refractivity contribution in [1.82, 2.24) is 40.7 Å². The molecule has 2 atom stereocenters. The molecule has 14 heteroatoms. The lowest BCUT2D eigenvalue weighted by Gasteiger charge is -2.18. The van der Waals surface area contributed by atoms with Crippen LogP contribution >= 0.6 is 11.3 Å². The first-order chi connectivity index (χ1) is 27.4. The van der Waals surface area contributed by atoms with Crippen molar-refractivity contribution in [2.24, 2.45) is 5.73 Å². The number of aromatic amines is 2. The van der Waals surface area contributed by atoms with E-state index < -0.39 is 6.04 Å². The molecule has 13 nitrogen and oxygen atoms in total. The van der Waals surface area contributed by atoms with Crippen LogP contribution in [0, 0.1) is 0 Å². The number of ketones is 2. The number of nitrogens with one attached hydrogen (secondary N) is 3. The summed E-state index contributed by atoms with van der Waals surface area (Å²) in [5, 5.41) is 18.9. The summed E-state index contributed by atoms with van der Waals surface area (Å²) in [6, 6.07) is 22.7. The van der Waals surface area contributed by atoms with E-state index >= 15 is 0 Å².